The number of amides is 1. The van der Waals surface area contributed by atoms with Crippen molar-refractivity contribution in [3.05, 3.63) is 57.1 Å². The number of carbonyl (C=O) groups is 1. The largest absolute Gasteiger partial charge is 0.399 e. The first kappa shape index (κ1) is 14.7. The summed E-state index contributed by atoms with van der Waals surface area (Å²) in [6.07, 6.45) is 0. The zero-order chi connectivity index (χ0) is 14.9. The van der Waals surface area contributed by atoms with Crippen LogP contribution in [0.3, 0.4) is 0 Å². The molecule has 0 radical (unpaired) electrons. The average Bonchev–Trinajstić information content (AvgIpc) is 2.36. The molecule has 0 saturated carbocycles. The highest BCUT2D eigenvalue weighted by Crippen LogP contribution is 2.28. The number of nitrogens with one attached hydrogen (secondary N) is 1. The Labute approximate surface area is 127 Å². The van der Waals surface area contributed by atoms with Crippen molar-refractivity contribution in [3.8, 4) is 0 Å². The zero-order valence-corrected chi connectivity index (χ0v) is 12.6. The Morgan fingerprint density at radius 3 is 2.45 bits per heavy atom. The molecule has 0 aliphatic carbocycles. The number of halogens is 2. The van der Waals surface area contributed by atoms with Gasteiger partial charge in [0, 0.05) is 5.69 Å². The van der Waals surface area contributed by atoms with Crippen molar-refractivity contribution in [2.24, 2.45) is 0 Å². The normalized spacial score (nSPS) is 10.4. The standard InChI is InChI=1S/C15H14Cl2N2O/c1-8-5-9(2)14(13(17)6-8)19-15(20)11-7-10(18)3-4-12(11)16/h3-7H,18H2,1-2H3,(H,19,20). The van der Waals surface area contributed by atoms with Crippen LogP contribution < -0.4 is 11.1 Å². The third-order valence-electron chi connectivity index (χ3n) is 2.91. The van der Waals surface area contributed by atoms with Crippen LogP contribution in [0.25, 0.3) is 0 Å². The Balaban J connectivity index is 2.35. The number of benzene rings is 2. The van der Waals surface area contributed by atoms with Gasteiger partial charge < -0.3 is 11.1 Å². The maximum atomic E-state index is 12.3. The summed E-state index contributed by atoms with van der Waals surface area (Å²) in [5.74, 6) is -0.337. The van der Waals surface area contributed by atoms with E-state index in [1.165, 1.54) is 6.07 Å². The molecule has 20 heavy (non-hydrogen) atoms. The number of carbonyl (C=O) groups excluding carboxylic acids is 1. The molecule has 0 bridgehead atoms. The van der Waals surface area contributed by atoms with E-state index >= 15 is 0 Å². The van der Waals surface area contributed by atoms with E-state index in [1.54, 1.807) is 18.2 Å². The minimum atomic E-state index is -0.337. The lowest BCUT2D eigenvalue weighted by Gasteiger charge is -2.12. The lowest BCUT2D eigenvalue weighted by Crippen LogP contribution is -2.14. The molecule has 0 aliphatic heterocycles. The summed E-state index contributed by atoms with van der Waals surface area (Å²) in [5, 5.41) is 3.62. The molecule has 2 rings (SSSR count). The third-order valence-corrected chi connectivity index (χ3v) is 3.53. The van der Waals surface area contributed by atoms with Crippen molar-refractivity contribution in [1.29, 1.82) is 0 Å². The average molecular weight is 309 g/mol. The van der Waals surface area contributed by atoms with Gasteiger partial charge in [0.15, 0.2) is 0 Å². The van der Waals surface area contributed by atoms with Crippen LogP contribution in [0.5, 0.6) is 0 Å². The van der Waals surface area contributed by atoms with E-state index in [0.717, 1.165) is 11.1 Å². The van der Waals surface area contributed by atoms with Gasteiger partial charge in [-0.1, -0.05) is 29.3 Å². The van der Waals surface area contributed by atoms with Gasteiger partial charge in [-0.05, 0) is 49.2 Å². The Morgan fingerprint density at radius 2 is 1.80 bits per heavy atom. The first-order chi connectivity index (χ1) is 9.38. The van der Waals surface area contributed by atoms with Gasteiger partial charge in [0.2, 0.25) is 0 Å². The van der Waals surface area contributed by atoms with Crippen molar-refractivity contribution in [2.75, 3.05) is 11.1 Å². The lowest BCUT2D eigenvalue weighted by atomic mass is 10.1. The van der Waals surface area contributed by atoms with Crippen LogP contribution in [0.2, 0.25) is 10.0 Å². The van der Waals surface area contributed by atoms with Crippen LogP contribution in [-0.4, -0.2) is 5.91 Å². The zero-order valence-electron chi connectivity index (χ0n) is 11.1. The predicted molar refractivity (Wildman–Crippen MR) is 84.7 cm³/mol. The molecule has 2 aromatic carbocycles. The van der Waals surface area contributed by atoms with Gasteiger partial charge in [0.1, 0.15) is 0 Å². The number of hydrogen-bond donors (Lipinski definition) is 2. The van der Waals surface area contributed by atoms with Crippen LogP contribution >= 0.6 is 23.2 Å². The molecule has 104 valence electrons. The number of aryl methyl sites for hydroxylation is 2. The van der Waals surface area contributed by atoms with E-state index in [1.807, 2.05) is 19.9 Å². The Hall–Kier alpha value is -1.71. The number of nitrogens with two attached hydrogens (primary N) is 1. The molecule has 0 aromatic heterocycles. The van der Waals surface area contributed by atoms with Gasteiger partial charge in [0.25, 0.3) is 5.91 Å². The van der Waals surface area contributed by atoms with Gasteiger partial charge >= 0.3 is 0 Å². The van der Waals surface area contributed by atoms with Crippen molar-refractivity contribution in [3.63, 3.8) is 0 Å². The number of anilines is 2. The van der Waals surface area contributed by atoms with Gasteiger partial charge in [-0.3, -0.25) is 4.79 Å². The molecule has 1 amide bonds. The summed E-state index contributed by atoms with van der Waals surface area (Å²) >= 11 is 12.2. The lowest BCUT2D eigenvalue weighted by molar-refractivity contribution is 0.102. The number of hydrogen-bond acceptors (Lipinski definition) is 2. The van der Waals surface area contributed by atoms with Crippen molar-refractivity contribution >= 4 is 40.5 Å². The number of nitrogen functional groups attached to an aromatic ring is 1. The van der Waals surface area contributed by atoms with Gasteiger partial charge in [-0.2, -0.15) is 0 Å². The van der Waals surface area contributed by atoms with Gasteiger partial charge in [-0.25, -0.2) is 0 Å². The monoisotopic (exact) mass is 308 g/mol. The molecule has 0 atom stereocenters. The highest BCUT2D eigenvalue weighted by atomic mass is 35.5. The summed E-state index contributed by atoms with van der Waals surface area (Å²) in [4.78, 5) is 12.3. The highest BCUT2D eigenvalue weighted by Gasteiger charge is 2.14. The fourth-order valence-electron chi connectivity index (χ4n) is 1.97. The molecule has 3 N–H and O–H groups in total. The Bertz CT molecular complexity index is 661. The summed E-state index contributed by atoms with van der Waals surface area (Å²) < 4.78 is 0. The molecule has 3 nitrogen and oxygen atoms in total. The van der Waals surface area contributed by atoms with Gasteiger partial charge in [-0.15, -0.1) is 0 Å². The Kier molecular flexibility index (Phi) is 4.21. The second kappa shape index (κ2) is 5.73. The van der Waals surface area contributed by atoms with Crippen LogP contribution in [0.4, 0.5) is 11.4 Å². The van der Waals surface area contributed by atoms with Crippen molar-refractivity contribution < 1.29 is 4.79 Å². The smallest absolute Gasteiger partial charge is 0.257 e. The minimum Gasteiger partial charge on any atom is -0.399 e. The second-order valence-corrected chi connectivity index (χ2v) is 5.45. The maximum absolute atomic E-state index is 12.3. The quantitative estimate of drug-likeness (QED) is 0.806. The van der Waals surface area contributed by atoms with Crippen LogP contribution in [0, 0.1) is 13.8 Å². The van der Waals surface area contributed by atoms with E-state index in [4.69, 9.17) is 28.9 Å². The molecule has 0 fully saturated rings. The first-order valence-corrected chi connectivity index (χ1v) is 6.77. The van der Waals surface area contributed by atoms with Crippen LogP contribution in [0.15, 0.2) is 30.3 Å². The molecule has 5 heteroatoms. The van der Waals surface area contributed by atoms with Gasteiger partial charge in [0.05, 0.1) is 21.3 Å². The van der Waals surface area contributed by atoms with Crippen molar-refractivity contribution in [1.82, 2.24) is 0 Å². The summed E-state index contributed by atoms with van der Waals surface area (Å²) in [6, 6.07) is 8.52. The SMILES string of the molecule is Cc1cc(C)c(NC(=O)c2cc(N)ccc2Cl)c(Cl)c1. The van der Waals surface area contributed by atoms with E-state index in [0.29, 0.717) is 27.0 Å². The van der Waals surface area contributed by atoms with E-state index in [9.17, 15) is 4.79 Å². The second-order valence-electron chi connectivity index (χ2n) is 4.63. The van der Waals surface area contributed by atoms with E-state index in [2.05, 4.69) is 5.32 Å². The van der Waals surface area contributed by atoms with Crippen LogP contribution in [0.1, 0.15) is 21.5 Å². The number of rotatable bonds is 2. The highest BCUT2D eigenvalue weighted by molar-refractivity contribution is 6.36. The molecular formula is C15H14Cl2N2O. The first-order valence-electron chi connectivity index (χ1n) is 6.01. The Morgan fingerprint density at radius 1 is 1.10 bits per heavy atom. The molecule has 0 heterocycles. The maximum Gasteiger partial charge on any atom is 0.257 e. The molecule has 2 aromatic rings. The fourth-order valence-corrected chi connectivity index (χ4v) is 2.54. The third kappa shape index (κ3) is 3.06. The fraction of sp³-hybridized carbons (Fsp3) is 0.133. The van der Waals surface area contributed by atoms with Crippen molar-refractivity contribution in [2.45, 2.75) is 13.8 Å². The summed E-state index contributed by atoms with van der Waals surface area (Å²) in [5.41, 5.74) is 8.98. The molecule has 0 saturated heterocycles. The topological polar surface area (TPSA) is 55.1 Å². The molecule has 0 aliphatic rings. The predicted octanol–water partition coefficient (Wildman–Crippen LogP) is 4.44. The minimum absolute atomic E-state index is 0.322. The van der Waals surface area contributed by atoms with Crippen LogP contribution in [-0.2, 0) is 0 Å². The molecule has 0 unspecified atom stereocenters. The molecular weight excluding hydrogens is 295 g/mol. The summed E-state index contributed by atoms with van der Waals surface area (Å²) in [6.45, 7) is 3.83. The van der Waals surface area contributed by atoms with E-state index < -0.39 is 0 Å². The summed E-state index contributed by atoms with van der Waals surface area (Å²) in [7, 11) is 0. The van der Waals surface area contributed by atoms with E-state index in [-0.39, 0.29) is 5.91 Å². The molecule has 0 spiro atoms.